The Balaban J connectivity index is 2.18. The maximum atomic E-state index is 13.0. The van der Waals surface area contributed by atoms with Crippen LogP contribution in [0.4, 0.5) is 13.2 Å². The molecule has 0 radical (unpaired) electrons. The highest BCUT2D eigenvalue weighted by atomic mass is 19.4. The largest absolute Gasteiger partial charge is 0.497 e. The quantitative estimate of drug-likeness (QED) is 0.915. The number of alkyl halides is 3. The minimum atomic E-state index is -4.57. The Morgan fingerprint density at radius 1 is 1.09 bits per heavy atom. The highest BCUT2D eigenvalue weighted by Crippen LogP contribution is 2.32. The summed E-state index contributed by atoms with van der Waals surface area (Å²) in [6.45, 7) is 1.70. The summed E-state index contributed by atoms with van der Waals surface area (Å²) < 4.78 is 43.9. The molecule has 1 atom stereocenters. The van der Waals surface area contributed by atoms with Crippen molar-refractivity contribution < 1.29 is 22.7 Å². The van der Waals surface area contributed by atoms with Gasteiger partial charge in [0.2, 0.25) is 0 Å². The van der Waals surface area contributed by atoms with Crippen LogP contribution in [0, 0.1) is 0 Å². The van der Waals surface area contributed by atoms with Gasteiger partial charge in [0.15, 0.2) is 0 Å². The molecule has 0 aliphatic rings. The van der Waals surface area contributed by atoms with E-state index < -0.39 is 23.7 Å². The van der Waals surface area contributed by atoms with Crippen molar-refractivity contribution in [2.75, 3.05) is 7.11 Å². The molecule has 0 bridgehead atoms. The van der Waals surface area contributed by atoms with Gasteiger partial charge in [-0.25, -0.2) is 0 Å². The summed E-state index contributed by atoms with van der Waals surface area (Å²) in [6.07, 6.45) is -4.57. The van der Waals surface area contributed by atoms with E-state index in [1.165, 1.54) is 25.3 Å². The molecule has 0 heterocycles. The summed E-state index contributed by atoms with van der Waals surface area (Å²) >= 11 is 0. The molecule has 2 aromatic rings. The van der Waals surface area contributed by atoms with Gasteiger partial charge >= 0.3 is 6.18 Å². The van der Waals surface area contributed by atoms with Gasteiger partial charge in [-0.2, -0.15) is 13.2 Å². The van der Waals surface area contributed by atoms with E-state index in [0.29, 0.717) is 5.75 Å². The van der Waals surface area contributed by atoms with Gasteiger partial charge in [0.25, 0.3) is 5.91 Å². The normalized spacial score (nSPS) is 12.6. The summed E-state index contributed by atoms with van der Waals surface area (Å²) in [7, 11) is 1.54. The highest BCUT2D eigenvalue weighted by molar-refractivity contribution is 5.96. The first kappa shape index (κ1) is 16.9. The number of benzene rings is 2. The Morgan fingerprint density at radius 2 is 1.70 bits per heavy atom. The lowest BCUT2D eigenvalue weighted by atomic mass is 10.0. The molecule has 2 rings (SSSR count). The van der Waals surface area contributed by atoms with Crippen molar-refractivity contribution in [2.24, 2.45) is 0 Å². The van der Waals surface area contributed by atoms with Crippen molar-refractivity contribution in [2.45, 2.75) is 19.1 Å². The average Bonchev–Trinajstić information content (AvgIpc) is 2.54. The molecule has 0 unspecified atom stereocenters. The number of halogens is 3. The molecule has 0 saturated heterocycles. The molecule has 1 N–H and O–H groups in total. The molecular formula is C17H16F3NO2. The van der Waals surface area contributed by atoms with Gasteiger partial charge < -0.3 is 10.1 Å². The Hall–Kier alpha value is -2.50. The van der Waals surface area contributed by atoms with Crippen LogP contribution in [-0.4, -0.2) is 13.0 Å². The highest BCUT2D eigenvalue weighted by Gasteiger charge is 2.35. The smallest absolute Gasteiger partial charge is 0.417 e. The molecule has 0 fully saturated rings. The lowest BCUT2D eigenvalue weighted by Crippen LogP contribution is -2.28. The average molecular weight is 323 g/mol. The van der Waals surface area contributed by atoms with Gasteiger partial charge in [0.05, 0.1) is 24.3 Å². The second-order valence-corrected chi connectivity index (χ2v) is 5.01. The second-order valence-electron chi connectivity index (χ2n) is 5.01. The van der Waals surface area contributed by atoms with Crippen molar-refractivity contribution in [3.05, 3.63) is 65.2 Å². The molecule has 0 aliphatic heterocycles. The monoisotopic (exact) mass is 323 g/mol. The summed E-state index contributed by atoms with van der Waals surface area (Å²) in [5.41, 5.74) is -0.566. The van der Waals surface area contributed by atoms with E-state index in [4.69, 9.17) is 4.74 Å². The number of carbonyl (C=O) groups excluding carboxylic acids is 1. The third-order valence-electron chi connectivity index (χ3n) is 3.44. The van der Waals surface area contributed by atoms with E-state index in [9.17, 15) is 18.0 Å². The first-order valence-corrected chi connectivity index (χ1v) is 6.94. The minimum Gasteiger partial charge on any atom is -0.497 e. The predicted molar refractivity (Wildman–Crippen MR) is 80.3 cm³/mol. The van der Waals surface area contributed by atoms with Crippen LogP contribution in [0.1, 0.15) is 34.5 Å². The van der Waals surface area contributed by atoms with Crippen LogP contribution in [0.5, 0.6) is 5.75 Å². The molecular weight excluding hydrogens is 307 g/mol. The van der Waals surface area contributed by atoms with E-state index in [1.807, 2.05) is 0 Å². The van der Waals surface area contributed by atoms with Crippen LogP contribution in [0.25, 0.3) is 0 Å². The summed E-state index contributed by atoms with van der Waals surface area (Å²) in [5, 5.41) is 2.58. The Kier molecular flexibility index (Phi) is 4.93. The van der Waals surface area contributed by atoms with E-state index in [-0.39, 0.29) is 5.56 Å². The SMILES string of the molecule is COc1ccc([C@H](C)NC(=O)c2ccccc2C(F)(F)F)cc1. The van der Waals surface area contributed by atoms with Gasteiger partial charge in [-0.15, -0.1) is 0 Å². The number of methoxy groups -OCH3 is 1. The van der Waals surface area contributed by atoms with E-state index >= 15 is 0 Å². The molecule has 2 aromatic carbocycles. The lowest BCUT2D eigenvalue weighted by molar-refractivity contribution is -0.137. The number of hydrogen-bond acceptors (Lipinski definition) is 2. The number of ether oxygens (including phenoxy) is 1. The first-order chi connectivity index (χ1) is 10.8. The zero-order chi connectivity index (χ0) is 17.0. The van der Waals surface area contributed by atoms with E-state index in [0.717, 1.165) is 11.6 Å². The molecule has 0 saturated carbocycles. The van der Waals surface area contributed by atoms with Crippen molar-refractivity contribution in [3.8, 4) is 5.75 Å². The van der Waals surface area contributed by atoms with Gasteiger partial charge in [0, 0.05) is 0 Å². The number of rotatable bonds is 4. The zero-order valence-electron chi connectivity index (χ0n) is 12.6. The molecule has 0 aromatic heterocycles. The predicted octanol–water partition coefficient (Wildman–Crippen LogP) is 4.21. The fourth-order valence-electron chi connectivity index (χ4n) is 2.18. The van der Waals surface area contributed by atoms with Gasteiger partial charge in [-0.1, -0.05) is 24.3 Å². The molecule has 0 aliphatic carbocycles. The molecule has 0 spiro atoms. The topological polar surface area (TPSA) is 38.3 Å². The number of hydrogen-bond donors (Lipinski definition) is 1. The third-order valence-corrected chi connectivity index (χ3v) is 3.44. The Labute approximate surface area is 132 Å². The van der Waals surface area contributed by atoms with Crippen molar-refractivity contribution >= 4 is 5.91 Å². The fourth-order valence-corrected chi connectivity index (χ4v) is 2.18. The number of amides is 1. The minimum absolute atomic E-state index is 0.389. The number of nitrogens with one attached hydrogen (secondary N) is 1. The van der Waals surface area contributed by atoms with Crippen LogP contribution in [0.15, 0.2) is 48.5 Å². The Bertz CT molecular complexity index is 681. The first-order valence-electron chi connectivity index (χ1n) is 6.94. The maximum Gasteiger partial charge on any atom is 0.417 e. The van der Waals surface area contributed by atoms with Crippen molar-refractivity contribution in [3.63, 3.8) is 0 Å². The number of carbonyl (C=O) groups is 1. The molecule has 23 heavy (non-hydrogen) atoms. The van der Waals surface area contributed by atoms with Crippen LogP contribution in [0.2, 0.25) is 0 Å². The zero-order valence-corrected chi connectivity index (χ0v) is 12.6. The van der Waals surface area contributed by atoms with Crippen LogP contribution in [0.3, 0.4) is 0 Å². The molecule has 122 valence electrons. The van der Waals surface area contributed by atoms with Gasteiger partial charge in [0.1, 0.15) is 5.75 Å². The summed E-state index contributed by atoms with van der Waals surface area (Å²) in [4.78, 5) is 12.2. The standard InChI is InChI=1S/C17H16F3NO2/c1-11(12-7-9-13(23-2)10-8-12)21-16(22)14-5-3-4-6-15(14)17(18,19)20/h3-11H,1-2H3,(H,21,22)/t11-/m0/s1. The summed E-state index contributed by atoms with van der Waals surface area (Å²) in [5.74, 6) is -0.101. The second kappa shape index (κ2) is 6.73. The van der Waals surface area contributed by atoms with E-state index in [1.54, 1.807) is 31.2 Å². The van der Waals surface area contributed by atoms with Crippen LogP contribution in [-0.2, 0) is 6.18 Å². The molecule has 3 nitrogen and oxygen atoms in total. The Morgan fingerprint density at radius 3 is 2.26 bits per heavy atom. The molecule has 6 heteroatoms. The van der Waals surface area contributed by atoms with Gasteiger partial charge in [-0.05, 0) is 36.8 Å². The maximum absolute atomic E-state index is 13.0. The van der Waals surface area contributed by atoms with Gasteiger partial charge in [-0.3, -0.25) is 4.79 Å². The fraction of sp³-hybridized carbons (Fsp3) is 0.235. The van der Waals surface area contributed by atoms with Crippen LogP contribution >= 0.6 is 0 Å². The summed E-state index contributed by atoms with van der Waals surface area (Å²) in [6, 6.07) is 11.2. The third kappa shape index (κ3) is 4.03. The van der Waals surface area contributed by atoms with Crippen LogP contribution < -0.4 is 10.1 Å². The lowest BCUT2D eigenvalue weighted by Gasteiger charge is -2.17. The molecule has 1 amide bonds. The van der Waals surface area contributed by atoms with E-state index in [2.05, 4.69) is 5.32 Å². The van der Waals surface area contributed by atoms with Crippen molar-refractivity contribution in [1.82, 2.24) is 5.32 Å². The van der Waals surface area contributed by atoms with Crippen molar-refractivity contribution in [1.29, 1.82) is 0 Å².